The Morgan fingerprint density at radius 1 is 1.03 bits per heavy atom. The molecule has 29 heavy (non-hydrogen) atoms. The summed E-state index contributed by atoms with van der Waals surface area (Å²) in [6.45, 7) is 1.92. The summed E-state index contributed by atoms with van der Waals surface area (Å²) in [6, 6.07) is 12.6. The number of nitrogens with one attached hydrogen (secondary N) is 2. The molecule has 0 heterocycles. The normalized spacial score (nSPS) is 14.1. The zero-order valence-electron chi connectivity index (χ0n) is 17.0. The molecule has 0 aliphatic heterocycles. The topological polar surface area (TPSA) is 76.7 Å². The molecule has 0 atom stereocenters. The van der Waals surface area contributed by atoms with E-state index in [1.807, 2.05) is 25.1 Å². The van der Waals surface area contributed by atoms with Gasteiger partial charge in [-0.3, -0.25) is 9.59 Å². The number of amides is 2. The molecule has 2 amide bonds. The van der Waals surface area contributed by atoms with Crippen molar-refractivity contribution in [2.24, 2.45) is 0 Å². The van der Waals surface area contributed by atoms with Crippen LogP contribution in [-0.2, 0) is 4.79 Å². The van der Waals surface area contributed by atoms with E-state index in [4.69, 9.17) is 9.47 Å². The van der Waals surface area contributed by atoms with Gasteiger partial charge in [0.2, 0.25) is 0 Å². The van der Waals surface area contributed by atoms with Gasteiger partial charge in [-0.25, -0.2) is 0 Å². The van der Waals surface area contributed by atoms with Crippen molar-refractivity contribution in [3.05, 3.63) is 53.6 Å². The van der Waals surface area contributed by atoms with Crippen LogP contribution < -0.4 is 20.1 Å². The van der Waals surface area contributed by atoms with Gasteiger partial charge in [0.25, 0.3) is 11.8 Å². The maximum absolute atomic E-state index is 12.5. The first-order chi connectivity index (χ1) is 14.0. The smallest absolute Gasteiger partial charge is 0.258 e. The summed E-state index contributed by atoms with van der Waals surface area (Å²) in [6.07, 6.45) is 5.68. The highest BCUT2D eigenvalue weighted by Gasteiger charge is 2.16. The van der Waals surface area contributed by atoms with E-state index in [1.54, 1.807) is 31.4 Å². The fourth-order valence-corrected chi connectivity index (χ4v) is 3.48. The van der Waals surface area contributed by atoms with Crippen molar-refractivity contribution < 1.29 is 19.1 Å². The second-order valence-electron chi connectivity index (χ2n) is 7.37. The number of carbonyl (C=O) groups is 2. The van der Waals surface area contributed by atoms with Crippen LogP contribution in [0.15, 0.2) is 42.5 Å². The Hall–Kier alpha value is -3.02. The predicted octanol–water partition coefficient (Wildman–Crippen LogP) is 4.08. The van der Waals surface area contributed by atoms with Crippen molar-refractivity contribution in [3.63, 3.8) is 0 Å². The summed E-state index contributed by atoms with van der Waals surface area (Å²) in [5.41, 5.74) is 2.14. The van der Waals surface area contributed by atoms with E-state index in [0.717, 1.165) is 18.4 Å². The fourth-order valence-electron chi connectivity index (χ4n) is 3.48. The van der Waals surface area contributed by atoms with Crippen LogP contribution >= 0.6 is 0 Å². The molecule has 6 nitrogen and oxygen atoms in total. The lowest BCUT2D eigenvalue weighted by molar-refractivity contribution is -0.124. The summed E-state index contributed by atoms with van der Waals surface area (Å²) in [5, 5.41) is 5.89. The van der Waals surface area contributed by atoms with Gasteiger partial charge in [-0.2, -0.15) is 0 Å². The van der Waals surface area contributed by atoms with Gasteiger partial charge in [0.15, 0.2) is 6.61 Å². The van der Waals surface area contributed by atoms with Gasteiger partial charge >= 0.3 is 0 Å². The lowest BCUT2D eigenvalue weighted by atomic mass is 9.95. The first kappa shape index (κ1) is 20.7. The van der Waals surface area contributed by atoms with E-state index in [2.05, 4.69) is 10.6 Å². The number of ether oxygens (including phenoxy) is 2. The monoisotopic (exact) mass is 396 g/mol. The SMILES string of the molecule is COc1ccc(C)cc1NC(=O)c1ccc(OCC(=O)NC2CCCCC2)cc1. The molecule has 1 aliphatic rings. The van der Waals surface area contributed by atoms with E-state index in [9.17, 15) is 9.59 Å². The Labute approximate surface area is 171 Å². The molecule has 0 unspecified atom stereocenters. The number of hydrogen-bond acceptors (Lipinski definition) is 4. The molecule has 2 aromatic rings. The Kier molecular flexibility index (Phi) is 7.11. The highest BCUT2D eigenvalue weighted by Crippen LogP contribution is 2.26. The average molecular weight is 396 g/mol. The predicted molar refractivity (Wildman–Crippen MR) is 113 cm³/mol. The van der Waals surface area contributed by atoms with E-state index in [0.29, 0.717) is 22.7 Å². The summed E-state index contributed by atoms with van der Waals surface area (Å²) >= 11 is 0. The third-order valence-electron chi connectivity index (χ3n) is 5.06. The zero-order valence-corrected chi connectivity index (χ0v) is 17.0. The summed E-state index contributed by atoms with van der Waals surface area (Å²) in [5.74, 6) is 0.808. The molecule has 1 saturated carbocycles. The minimum atomic E-state index is -0.240. The van der Waals surface area contributed by atoms with E-state index < -0.39 is 0 Å². The molecule has 0 spiro atoms. The molecule has 0 bridgehead atoms. The Bertz CT molecular complexity index is 842. The van der Waals surface area contributed by atoms with Gasteiger partial charge in [0, 0.05) is 11.6 Å². The maximum Gasteiger partial charge on any atom is 0.258 e. The highest BCUT2D eigenvalue weighted by molar-refractivity contribution is 6.05. The van der Waals surface area contributed by atoms with E-state index in [1.165, 1.54) is 19.3 Å². The van der Waals surface area contributed by atoms with Crippen molar-refractivity contribution >= 4 is 17.5 Å². The largest absolute Gasteiger partial charge is 0.495 e. The van der Waals surface area contributed by atoms with Crippen molar-refractivity contribution in [2.75, 3.05) is 19.0 Å². The van der Waals surface area contributed by atoms with Crippen LogP contribution in [0.25, 0.3) is 0 Å². The molecule has 0 saturated heterocycles. The second kappa shape index (κ2) is 9.96. The van der Waals surface area contributed by atoms with Crippen LogP contribution in [0.1, 0.15) is 48.0 Å². The van der Waals surface area contributed by atoms with Gasteiger partial charge in [-0.15, -0.1) is 0 Å². The van der Waals surface area contributed by atoms with Crippen LogP contribution in [0.2, 0.25) is 0 Å². The van der Waals surface area contributed by atoms with E-state index in [-0.39, 0.29) is 24.5 Å². The molecule has 3 rings (SSSR count). The number of hydrogen-bond donors (Lipinski definition) is 2. The number of aryl methyl sites for hydroxylation is 1. The van der Waals surface area contributed by atoms with Gasteiger partial charge in [-0.05, 0) is 61.7 Å². The molecular formula is C23H28N2O4. The quantitative estimate of drug-likeness (QED) is 0.739. The molecule has 1 aliphatic carbocycles. The zero-order chi connectivity index (χ0) is 20.6. The average Bonchev–Trinajstić information content (AvgIpc) is 2.73. The van der Waals surface area contributed by atoms with Crippen molar-refractivity contribution in [3.8, 4) is 11.5 Å². The first-order valence-corrected chi connectivity index (χ1v) is 10.0. The molecule has 2 aromatic carbocycles. The number of anilines is 1. The number of carbonyl (C=O) groups excluding carboxylic acids is 2. The van der Waals surface area contributed by atoms with Gasteiger partial charge in [-0.1, -0.05) is 25.3 Å². The van der Waals surface area contributed by atoms with Crippen molar-refractivity contribution in [1.29, 1.82) is 0 Å². The minimum Gasteiger partial charge on any atom is -0.495 e. The van der Waals surface area contributed by atoms with Gasteiger partial charge in [0.1, 0.15) is 11.5 Å². The maximum atomic E-state index is 12.5. The lowest BCUT2D eigenvalue weighted by Crippen LogP contribution is -2.38. The molecule has 1 fully saturated rings. The number of methoxy groups -OCH3 is 1. The molecule has 6 heteroatoms. The summed E-state index contributed by atoms with van der Waals surface area (Å²) in [4.78, 5) is 24.6. The molecular weight excluding hydrogens is 368 g/mol. The molecule has 2 N–H and O–H groups in total. The Morgan fingerprint density at radius 2 is 1.76 bits per heavy atom. The molecule has 0 aromatic heterocycles. The summed E-state index contributed by atoms with van der Waals surface area (Å²) in [7, 11) is 1.57. The fraction of sp³-hybridized carbons (Fsp3) is 0.391. The van der Waals surface area contributed by atoms with Crippen LogP contribution in [0.5, 0.6) is 11.5 Å². The third-order valence-corrected chi connectivity index (χ3v) is 5.06. The Balaban J connectivity index is 1.52. The van der Waals surface area contributed by atoms with Crippen LogP contribution in [0, 0.1) is 6.92 Å². The first-order valence-electron chi connectivity index (χ1n) is 10.0. The second-order valence-corrected chi connectivity index (χ2v) is 7.37. The van der Waals surface area contributed by atoms with Crippen LogP contribution in [0.4, 0.5) is 5.69 Å². The minimum absolute atomic E-state index is 0.0253. The summed E-state index contributed by atoms with van der Waals surface area (Å²) < 4.78 is 10.8. The number of rotatable bonds is 7. The van der Waals surface area contributed by atoms with Crippen LogP contribution in [-0.4, -0.2) is 31.6 Å². The highest BCUT2D eigenvalue weighted by atomic mass is 16.5. The molecule has 154 valence electrons. The lowest BCUT2D eigenvalue weighted by Gasteiger charge is -2.22. The van der Waals surface area contributed by atoms with Gasteiger partial charge in [0.05, 0.1) is 12.8 Å². The molecule has 0 radical (unpaired) electrons. The van der Waals surface area contributed by atoms with Crippen molar-refractivity contribution in [2.45, 2.75) is 45.1 Å². The van der Waals surface area contributed by atoms with E-state index >= 15 is 0 Å². The van der Waals surface area contributed by atoms with Gasteiger partial charge < -0.3 is 20.1 Å². The number of benzene rings is 2. The third kappa shape index (κ3) is 5.98. The van der Waals surface area contributed by atoms with Crippen molar-refractivity contribution in [1.82, 2.24) is 5.32 Å². The standard InChI is InChI=1S/C23H28N2O4/c1-16-8-13-21(28-2)20(14-16)25-23(27)17-9-11-19(12-10-17)29-15-22(26)24-18-6-4-3-5-7-18/h8-14,18H,3-7,15H2,1-2H3,(H,24,26)(H,25,27). The van der Waals surface area contributed by atoms with Crippen LogP contribution in [0.3, 0.4) is 0 Å². The Morgan fingerprint density at radius 3 is 2.45 bits per heavy atom.